The summed E-state index contributed by atoms with van der Waals surface area (Å²) in [6.07, 6.45) is 4.72. The van der Waals surface area contributed by atoms with E-state index in [-0.39, 0.29) is 5.56 Å². The minimum Gasteiger partial charge on any atom is -0.300 e. The first-order valence-corrected chi connectivity index (χ1v) is 6.66. The van der Waals surface area contributed by atoms with Gasteiger partial charge in [0.15, 0.2) is 0 Å². The van der Waals surface area contributed by atoms with E-state index >= 15 is 0 Å². The fraction of sp³-hybridized carbons (Fsp3) is 0.786. The number of aromatic nitrogens is 2. The Kier molecular flexibility index (Phi) is 3.19. The zero-order valence-corrected chi connectivity index (χ0v) is 11.4. The number of hydrogen-bond donors (Lipinski definition) is 1. The molecule has 3 nitrogen and oxygen atoms in total. The Morgan fingerprint density at radius 1 is 1.24 bits per heavy atom. The molecule has 1 heterocycles. The Bertz CT molecular complexity index is 428. The molecule has 0 unspecified atom stereocenters. The predicted octanol–water partition coefficient (Wildman–Crippen LogP) is 3.26. The summed E-state index contributed by atoms with van der Waals surface area (Å²) in [5, 5.41) is 3.17. The van der Waals surface area contributed by atoms with Crippen molar-refractivity contribution in [2.24, 2.45) is 11.3 Å². The second-order valence-electron chi connectivity index (χ2n) is 6.52. The molecule has 1 aliphatic carbocycles. The van der Waals surface area contributed by atoms with E-state index < -0.39 is 0 Å². The normalized spacial score (nSPS) is 26.1. The van der Waals surface area contributed by atoms with E-state index in [1.165, 1.54) is 12.8 Å². The van der Waals surface area contributed by atoms with Crippen LogP contribution in [0.25, 0.3) is 0 Å². The zero-order chi connectivity index (χ0) is 12.6. The van der Waals surface area contributed by atoms with Crippen molar-refractivity contribution in [1.29, 1.82) is 0 Å². The van der Waals surface area contributed by atoms with Crippen LogP contribution in [0.1, 0.15) is 58.2 Å². The third-order valence-corrected chi connectivity index (χ3v) is 4.16. The number of nitrogens with one attached hydrogen (secondary N) is 1. The summed E-state index contributed by atoms with van der Waals surface area (Å²) < 4.78 is 1.83. The highest BCUT2D eigenvalue weighted by Gasteiger charge is 2.30. The molecule has 17 heavy (non-hydrogen) atoms. The molecule has 0 amide bonds. The van der Waals surface area contributed by atoms with Crippen LogP contribution >= 0.6 is 0 Å². The van der Waals surface area contributed by atoms with E-state index in [0.29, 0.717) is 11.5 Å². The van der Waals surface area contributed by atoms with Crippen LogP contribution in [0.5, 0.6) is 0 Å². The summed E-state index contributed by atoms with van der Waals surface area (Å²) in [7, 11) is 0. The number of H-pyrrole nitrogens is 1. The van der Waals surface area contributed by atoms with E-state index in [4.69, 9.17) is 0 Å². The molecule has 96 valence electrons. The number of aryl methyl sites for hydroxylation is 1. The lowest BCUT2D eigenvalue weighted by Crippen LogP contribution is -2.30. The Hall–Kier alpha value is -0.990. The minimum atomic E-state index is 0.127. The third-order valence-electron chi connectivity index (χ3n) is 4.16. The second kappa shape index (κ2) is 4.35. The van der Waals surface area contributed by atoms with E-state index in [9.17, 15) is 4.79 Å². The molecule has 1 fully saturated rings. The van der Waals surface area contributed by atoms with E-state index in [1.807, 2.05) is 11.6 Å². The fourth-order valence-electron chi connectivity index (χ4n) is 3.00. The van der Waals surface area contributed by atoms with Gasteiger partial charge in [0, 0.05) is 11.8 Å². The topological polar surface area (TPSA) is 37.8 Å². The molecule has 1 aliphatic rings. The van der Waals surface area contributed by atoms with Gasteiger partial charge in [-0.3, -0.25) is 9.89 Å². The van der Waals surface area contributed by atoms with Crippen molar-refractivity contribution < 1.29 is 0 Å². The van der Waals surface area contributed by atoms with Gasteiger partial charge < -0.3 is 0 Å². The number of aromatic amines is 1. The Labute approximate surface area is 103 Å². The molecule has 0 saturated heterocycles. The first-order valence-electron chi connectivity index (χ1n) is 6.66. The average Bonchev–Trinajstić information content (AvgIpc) is 2.57. The standard InChI is InChI=1S/C14H24N2O/c1-10-9-13(17)16(15-10)12-7-5-11(6-8-12)14(2,3)4/h9,11-12,15H,5-8H2,1-4H3. The smallest absolute Gasteiger partial charge is 0.266 e. The largest absolute Gasteiger partial charge is 0.300 e. The molecule has 0 aliphatic heterocycles. The number of rotatable bonds is 1. The van der Waals surface area contributed by atoms with Crippen molar-refractivity contribution in [2.45, 2.75) is 59.4 Å². The maximum atomic E-state index is 11.7. The van der Waals surface area contributed by atoms with Gasteiger partial charge in [-0.15, -0.1) is 0 Å². The van der Waals surface area contributed by atoms with Crippen LogP contribution < -0.4 is 5.56 Å². The molecule has 1 saturated carbocycles. The summed E-state index contributed by atoms with van der Waals surface area (Å²) in [5.41, 5.74) is 1.50. The van der Waals surface area contributed by atoms with Crippen LogP contribution in [0, 0.1) is 18.3 Å². The van der Waals surface area contributed by atoms with E-state index in [2.05, 4.69) is 25.9 Å². The third kappa shape index (κ3) is 2.64. The van der Waals surface area contributed by atoms with Gasteiger partial charge in [-0.1, -0.05) is 20.8 Å². The van der Waals surface area contributed by atoms with Gasteiger partial charge in [0.1, 0.15) is 0 Å². The first-order chi connectivity index (χ1) is 7.88. The molecule has 0 spiro atoms. The first kappa shape index (κ1) is 12.5. The van der Waals surface area contributed by atoms with Gasteiger partial charge in [0.2, 0.25) is 0 Å². The van der Waals surface area contributed by atoms with Gasteiger partial charge in [-0.25, -0.2) is 4.68 Å². The molecule has 0 atom stereocenters. The summed E-state index contributed by atoms with van der Waals surface area (Å²) in [6.45, 7) is 8.91. The average molecular weight is 236 g/mol. The highest BCUT2D eigenvalue weighted by Crippen LogP contribution is 2.40. The van der Waals surface area contributed by atoms with Crippen LogP contribution in [0.3, 0.4) is 0 Å². The van der Waals surface area contributed by atoms with Crippen LogP contribution in [0.15, 0.2) is 10.9 Å². The number of nitrogens with zero attached hydrogens (tertiary/aromatic N) is 1. The maximum Gasteiger partial charge on any atom is 0.266 e. The molecule has 1 aromatic heterocycles. The van der Waals surface area contributed by atoms with Gasteiger partial charge >= 0.3 is 0 Å². The van der Waals surface area contributed by atoms with Gasteiger partial charge in [0.25, 0.3) is 5.56 Å². The molecular formula is C14H24N2O. The fourth-order valence-corrected chi connectivity index (χ4v) is 3.00. The van der Waals surface area contributed by atoms with Gasteiger partial charge in [-0.05, 0) is 43.9 Å². The maximum absolute atomic E-state index is 11.7. The quantitative estimate of drug-likeness (QED) is 0.798. The lowest BCUT2D eigenvalue weighted by atomic mass is 9.71. The molecule has 3 heteroatoms. The molecule has 0 radical (unpaired) electrons. The van der Waals surface area contributed by atoms with Crippen LogP contribution in [0.2, 0.25) is 0 Å². The molecule has 2 rings (SSSR count). The van der Waals surface area contributed by atoms with E-state index in [1.54, 1.807) is 6.07 Å². The summed E-state index contributed by atoms with van der Waals surface area (Å²) in [6, 6.07) is 2.07. The Morgan fingerprint density at radius 2 is 1.82 bits per heavy atom. The molecule has 1 aromatic rings. The van der Waals surface area contributed by atoms with E-state index in [0.717, 1.165) is 24.5 Å². The summed E-state index contributed by atoms with van der Waals surface area (Å²) >= 11 is 0. The Morgan fingerprint density at radius 3 is 2.24 bits per heavy atom. The van der Waals surface area contributed by atoms with Crippen LogP contribution in [0.4, 0.5) is 0 Å². The van der Waals surface area contributed by atoms with Gasteiger partial charge in [0.05, 0.1) is 6.04 Å². The van der Waals surface area contributed by atoms with Gasteiger partial charge in [-0.2, -0.15) is 0 Å². The summed E-state index contributed by atoms with van der Waals surface area (Å²) in [4.78, 5) is 11.7. The summed E-state index contributed by atoms with van der Waals surface area (Å²) in [5.74, 6) is 0.797. The Balaban J connectivity index is 2.05. The second-order valence-corrected chi connectivity index (χ2v) is 6.52. The lowest BCUT2D eigenvalue weighted by Gasteiger charge is -2.37. The number of hydrogen-bond acceptors (Lipinski definition) is 1. The van der Waals surface area contributed by atoms with Crippen LogP contribution in [-0.4, -0.2) is 9.78 Å². The predicted molar refractivity (Wildman–Crippen MR) is 70.2 cm³/mol. The minimum absolute atomic E-state index is 0.127. The molecule has 1 N–H and O–H groups in total. The highest BCUT2D eigenvalue weighted by atomic mass is 16.1. The SMILES string of the molecule is Cc1cc(=O)n(C2CCC(C(C)(C)C)CC2)[nH]1. The monoisotopic (exact) mass is 236 g/mol. The van der Waals surface area contributed by atoms with Crippen molar-refractivity contribution in [1.82, 2.24) is 9.78 Å². The van der Waals surface area contributed by atoms with Crippen molar-refractivity contribution in [3.8, 4) is 0 Å². The van der Waals surface area contributed by atoms with Crippen molar-refractivity contribution in [2.75, 3.05) is 0 Å². The lowest BCUT2D eigenvalue weighted by molar-refractivity contribution is 0.146. The zero-order valence-electron chi connectivity index (χ0n) is 11.4. The van der Waals surface area contributed by atoms with Crippen LogP contribution in [-0.2, 0) is 0 Å². The van der Waals surface area contributed by atoms with Crippen molar-refractivity contribution in [3.05, 3.63) is 22.1 Å². The van der Waals surface area contributed by atoms with Crippen molar-refractivity contribution in [3.63, 3.8) is 0 Å². The molecular weight excluding hydrogens is 212 g/mol. The molecule has 0 bridgehead atoms. The van der Waals surface area contributed by atoms with Crippen molar-refractivity contribution >= 4 is 0 Å². The highest BCUT2D eigenvalue weighted by molar-refractivity contribution is 4.97. The molecule has 0 aromatic carbocycles.